The zero-order chi connectivity index (χ0) is 16.3. The van der Waals surface area contributed by atoms with Crippen LogP contribution in [0.5, 0.6) is 0 Å². The minimum absolute atomic E-state index is 0.236. The van der Waals surface area contributed by atoms with E-state index in [0.29, 0.717) is 16.3 Å². The monoisotopic (exact) mass is 392 g/mol. The van der Waals surface area contributed by atoms with E-state index >= 15 is 0 Å². The van der Waals surface area contributed by atoms with Gasteiger partial charge in [0.15, 0.2) is 0 Å². The van der Waals surface area contributed by atoms with Gasteiger partial charge in [-0.15, -0.1) is 23.5 Å². The summed E-state index contributed by atoms with van der Waals surface area (Å²) in [6, 6.07) is 2.96. The van der Waals surface area contributed by atoms with Crippen LogP contribution < -0.4 is 0 Å². The van der Waals surface area contributed by atoms with E-state index in [1.54, 1.807) is 23.3 Å². The molecule has 0 aliphatic heterocycles. The highest BCUT2D eigenvalue weighted by atomic mass is 35.5. The third-order valence-electron chi connectivity index (χ3n) is 2.80. The Morgan fingerprint density at radius 2 is 1.73 bits per heavy atom. The molecule has 22 heavy (non-hydrogen) atoms. The molecule has 1 aromatic heterocycles. The molecule has 3 nitrogen and oxygen atoms in total. The number of benzene rings is 1. The van der Waals surface area contributed by atoms with E-state index < -0.39 is 0 Å². The molecular weight excluding hydrogens is 383 g/mol. The smallest absolute Gasteiger partial charge is 0.213 e. The maximum absolute atomic E-state index is 13.0. The summed E-state index contributed by atoms with van der Waals surface area (Å²) in [6.07, 6.45) is 8.72. The molecule has 0 fully saturated rings. The van der Waals surface area contributed by atoms with Crippen molar-refractivity contribution in [1.29, 1.82) is 0 Å². The van der Waals surface area contributed by atoms with Crippen LogP contribution in [0.1, 0.15) is 10.4 Å². The molecule has 0 N–H and O–H groups in total. The van der Waals surface area contributed by atoms with E-state index in [1.165, 1.54) is 35.7 Å². The van der Waals surface area contributed by atoms with Crippen molar-refractivity contribution in [3.63, 3.8) is 0 Å². The third kappa shape index (κ3) is 3.66. The molecule has 0 saturated carbocycles. The minimum Gasteiger partial charge on any atom is -0.301 e. The van der Waals surface area contributed by atoms with Gasteiger partial charge < -0.3 is 4.57 Å². The number of halogens is 3. The first-order valence-corrected chi connectivity index (χ1v) is 9.57. The Hall–Kier alpha value is -0.590. The highest BCUT2D eigenvalue weighted by molar-refractivity contribution is 8.22. The summed E-state index contributed by atoms with van der Waals surface area (Å²) in [7, 11) is 0. The second kappa shape index (κ2) is 7.79. The van der Waals surface area contributed by atoms with Crippen molar-refractivity contribution in [3.8, 4) is 0 Å². The Bertz CT molecular complexity index is 724. The Morgan fingerprint density at radius 1 is 1.09 bits per heavy atom. The summed E-state index contributed by atoms with van der Waals surface area (Å²) in [5.74, 6) is -0.236. The molecule has 0 saturated heterocycles. The summed E-state index contributed by atoms with van der Waals surface area (Å²) < 4.78 is 2.52. The van der Waals surface area contributed by atoms with E-state index in [9.17, 15) is 4.79 Å². The lowest BCUT2D eigenvalue weighted by Crippen LogP contribution is -2.10. The largest absolute Gasteiger partial charge is 0.301 e. The van der Waals surface area contributed by atoms with E-state index in [4.69, 9.17) is 34.8 Å². The first kappa shape index (κ1) is 17.8. The van der Waals surface area contributed by atoms with E-state index in [0.717, 1.165) is 4.24 Å². The highest BCUT2D eigenvalue weighted by Gasteiger charge is 2.22. The number of hydrogen-bond acceptors (Lipinski definition) is 4. The molecule has 0 unspecified atom stereocenters. The molecule has 2 aromatic rings. The quantitative estimate of drug-likeness (QED) is 0.377. The van der Waals surface area contributed by atoms with Crippen molar-refractivity contribution < 1.29 is 4.79 Å². The summed E-state index contributed by atoms with van der Waals surface area (Å²) in [6.45, 7) is 0. The standard InChI is InChI=1S/C14H11Cl3N2OS2/c1-21-14(22-2)12(19-4-3-18-7-19)13(20)8-5-10(16)11(17)6-9(8)15/h3-7H,1-2H3. The SMILES string of the molecule is CSC(SC)=C(C(=O)c1cc(Cl)c(Cl)cc1Cl)n1ccnc1. The predicted molar refractivity (Wildman–Crippen MR) is 98.3 cm³/mol. The van der Waals surface area contributed by atoms with Crippen molar-refractivity contribution in [2.45, 2.75) is 0 Å². The van der Waals surface area contributed by atoms with Crippen molar-refractivity contribution in [3.05, 3.63) is 55.7 Å². The van der Waals surface area contributed by atoms with E-state index in [1.807, 2.05) is 12.5 Å². The molecule has 0 atom stereocenters. The topological polar surface area (TPSA) is 34.9 Å². The fourth-order valence-corrected chi connectivity index (χ4v) is 3.89. The molecule has 1 aromatic carbocycles. The normalized spacial score (nSPS) is 10.6. The van der Waals surface area contributed by atoms with Gasteiger partial charge in [0, 0.05) is 18.0 Å². The number of aromatic nitrogens is 2. The van der Waals surface area contributed by atoms with Crippen LogP contribution in [-0.4, -0.2) is 27.8 Å². The summed E-state index contributed by atoms with van der Waals surface area (Å²) in [5, 5.41) is 0.860. The van der Waals surface area contributed by atoms with Crippen LogP contribution in [0.25, 0.3) is 5.70 Å². The summed E-state index contributed by atoms with van der Waals surface area (Å²) in [5.41, 5.74) is 0.790. The van der Waals surface area contributed by atoms with Gasteiger partial charge in [0.1, 0.15) is 5.70 Å². The lowest BCUT2D eigenvalue weighted by atomic mass is 10.1. The number of imidazole rings is 1. The van der Waals surface area contributed by atoms with Gasteiger partial charge in [-0.2, -0.15) is 0 Å². The van der Waals surface area contributed by atoms with E-state index in [2.05, 4.69) is 4.98 Å². The number of ketones is 1. The molecular formula is C14H11Cl3N2OS2. The second-order valence-corrected chi connectivity index (χ2v) is 7.20. The fraction of sp³-hybridized carbons (Fsp3) is 0.143. The van der Waals surface area contributed by atoms with E-state index in [-0.39, 0.29) is 15.8 Å². The number of hydrogen-bond donors (Lipinski definition) is 0. The average molecular weight is 394 g/mol. The van der Waals surface area contributed by atoms with Crippen LogP contribution in [0.15, 0.2) is 35.1 Å². The molecule has 0 aliphatic rings. The van der Waals surface area contributed by atoms with Crippen LogP contribution in [0.4, 0.5) is 0 Å². The lowest BCUT2D eigenvalue weighted by molar-refractivity contribution is 0.105. The van der Waals surface area contributed by atoms with Crippen LogP contribution in [-0.2, 0) is 0 Å². The predicted octanol–water partition coefficient (Wildman–Crippen LogP) is 5.58. The lowest BCUT2D eigenvalue weighted by Gasteiger charge is -2.13. The number of nitrogens with zero attached hydrogens (tertiary/aromatic N) is 2. The molecule has 0 amide bonds. The number of carbonyl (C=O) groups is 1. The molecule has 0 radical (unpaired) electrons. The molecule has 1 heterocycles. The number of allylic oxidation sites excluding steroid dienone is 1. The van der Waals surface area contributed by atoms with Crippen molar-refractivity contribution >= 4 is 69.8 Å². The average Bonchev–Trinajstić information content (AvgIpc) is 3.01. The zero-order valence-electron chi connectivity index (χ0n) is 11.6. The van der Waals surface area contributed by atoms with Gasteiger partial charge in [0.2, 0.25) is 5.78 Å². The van der Waals surface area contributed by atoms with Gasteiger partial charge in [-0.25, -0.2) is 4.98 Å². The minimum atomic E-state index is -0.236. The number of thioether (sulfide) groups is 2. The van der Waals surface area contributed by atoms with Gasteiger partial charge in [0.05, 0.1) is 25.6 Å². The fourth-order valence-electron chi connectivity index (χ4n) is 1.81. The maximum atomic E-state index is 13.0. The maximum Gasteiger partial charge on any atom is 0.213 e. The zero-order valence-corrected chi connectivity index (χ0v) is 15.5. The Labute approximate surface area is 152 Å². The second-order valence-electron chi connectivity index (χ2n) is 4.09. The number of rotatable bonds is 5. The first-order chi connectivity index (χ1) is 10.5. The van der Waals surface area contributed by atoms with Gasteiger partial charge in [-0.1, -0.05) is 34.8 Å². The number of Topliss-reactive ketones (excluding diaryl/α,β-unsaturated/α-hetero) is 1. The Balaban J connectivity index is 2.61. The Kier molecular flexibility index (Phi) is 6.29. The van der Waals surface area contributed by atoms with Gasteiger partial charge >= 0.3 is 0 Å². The Morgan fingerprint density at radius 3 is 2.27 bits per heavy atom. The highest BCUT2D eigenvalue weighted by Crippen LogP contribution is 2.35. The van der Waals surface area contributed by atoms with Crippen LogP contribution in [0.2, 0.25) is 15.1 Å². The van der Waals surface area contributed by atoms with Gasteiger partial charge in [-0.05, 0) is 24.6 Å². The van der Waals surface area contributed by atoms with Crippen molar-refractivity contribution in [2.75, 3.05) is 12.5 Å². The summed E-state index contributed by atoms with van der Waals surface area (Å²) in [4.78, 5) is 17.0. The van der Waals surface area contributed by atoms with Crippen molar-refractivity contribution in [1.82, 2.24) is 9.55 Å². The molecule has 8 heteroatoms. The van der Waals surface area contributed by atoms with Crippen molar-refractivity contribution in [2.24, 2.45) is 0 Å². The van der Waals surface area contributed by atoms with Gasteiger partial charge in [-0.3, -0.25) is 4.79 Å². The first-order valence-electron chi connectivity index (χ1n) is 5.99. The molecule has 116 valence electrons. The number of carbonyl (C=O) groups excluding carboxylic acids is 1. The third-order valence-corrected chi connectivity index (χ3v) is 5.96. The molecule has 0 bridgehead atoms. The molecule has 0 spiro atoms. The van der Waals surface area contributed by atoms with Crippen LogP contribution in [0.3, 0.4) is 0 Å². The van der Waals surface area contributed by atoms with Crippen LogP contribution in [0, 0.1) is 0 Å². The molecule has 0 aliphatic carbocycles. The van der Waals surface area contributed by atoms with Crippen LogP contribution >= 0.6 is 58.3 Å². The summed E-state index contributed by atoms with van der Waals surface area (Å²) >= 11 is 21.1. The van der Waals surface area contributed by atoms with Gasteiger partial charge in [0.25, 0.3) is 0 Å². The molecule has 2 rings (SSSR count).